The molecule has 4 heteroatoms. The Kier molecular flexibility index (Phi) is 3.41. The predicted molar refractivity (Wildman–Crippen MR) is 59.6 cm³/mol. The first-order valence-corrected chi connectivity index (χ1v) is 5.58. The fraction of sp³-hybridized carbons (Fsp3) is 0.385. The molecule has 17 heavy (non-hydrogen) atoms. The van der Waals surface area contributed by atoms with Crippen LogP contribution in [-0.2, 0) is 0 Å². The molecule has 0 aliphatic heterocycles. The van der Waals surface area contributed by atoms with Crippen molar-refractivity contribution in [2.45, 2.75) is 32.0 Å². The summed E-state index contributed by atoms with van der Waals surface area (Å²) < 4.78 is 40.0. The molecule has 0 bridgehead atoms. The first kappa shape index (κ1) is 12.0. The van der Waals surface area contributed by atoms with E-state index in [1.54, 1.807) is 12.1 Å². The van der Waals surface area contributed by atoms with Crippen LogP contribution in [0.4, 0.5) is 13.2 Å². The lowest BCUT2D eigenvalue weighted by Gasteiger charge is -2.09. The molecule has 0 amide bonds. The summed E-state index contributed by atoms with van der Waals surface area (Å²) >= 11 is 0. The molecule has 1 aliphatic carbocycles. The van der Waals surface area contributed by atoms with Crippen molar-refractivity contribution in [1.29, 1.82) is 0 Å². The minimum absolute atomic E-state index is 0.162. The van der Waals surface area contributed by atoms with Crippen LogP contribution >= 0.6 is 0 Å². The molecular formula is C13H13F3O. The number of ether oxygens (including phenoxy) is 1. The molecular weight excluding hydrogens is 229 g/mol. The Hall–Kier alpha value is -1.45. The molecule has 0 aromatic heterocycles. The van der Waals surface area contributed by atoms with Crippen LogP contribution in [0.25, 0.3) is 6.08 Å². The zero-order valence-electron chi connectivity index (χ0n) is 9.26. The fourth-order valence-electron chi connectivity index (χ4n) is 2.01. The minimum Gasteiger partial charge on any atom is -0.406 e. The van der Waals surface area contributed by atoms with Crippen LogP contribution in [0.1, 0.15) is 31.2 Å². The van der Waals surface area contributed by atoms with Crippen LogP contribution in [-0.4, -0.2) is 6.36 Å². The Labute approximate surface area is 97.9 Å². The van der Waals surface area contributed by atoms with E-state index in [9.17, 15) is 13.2 Å². The van der Waals surface area contributed by atoms with E-state index in [2.05, 4.69) is 4.74 Å². The van der Waals surface area contributed by atoms with E-state index in [0.717, 1.165) is 18.4 Å². The average molecular weight is 242 g/mol. The van der Waals surface area contributed by atoms with Gasteiger partial charge in [-0.1, -0.05) is 23.8 Å². The molecule has 0 spiro atoms. The third-order valence-corrected chi connectivity index (χ3v) is 2.71. The second-order valence-electron chi connectivity index (χ2n) is 4.13. The first-order valence-electron chi connectivity index (χ1n) is 5.58. The first-order chi connectivity index (χ1) is 8.03. The van der Waals surface area contributed by atoms with Gasteiger partial charge in [-0.15, -0.1) is 13.2 Å². The number of benzene rings is 1. The molecule has 92 valence electrons. The van der Waals surface area contributed by atoms with Crippen molar-refractivity contribution in [2.75, 3.05) is 0 Å². The molecule has 0 radical (unpaired) electrons. The Bertz CT molecular complexity index is 413. The van der Waals surface area contributed by atoms with E-state index < -0.39 is 6.36 Å². The quantitative estimate of drug-likeness (QED) is 0.739. The third-order valence-electron chi connectivity index (χ3n) is 2.71. The Morgan fingerprint density at radius 3 is 2.47 bits per heavy atom. The summed E-state index contributed by atoms with van der Waals surface area (Å²) in [5, 5.41) is 0. The summed E-state index contributed by atoms with van der Waals surface area (Å²) in [5.41, 5.74) is 2.07. The Balaban J connectivity index is 2.14. The summed E-state index contributed by atoms with van der Waals surface area (Å²) in [6.45, 7) is 0. The number of alkyl halides is 3. The molecule has 2 rings (SSSR count). The number of rotatable bonds is 2. The number of hydrogen-bond donors (Lipinski definition) is 0. The van der Waals surface area contributed by atoms with Crippen LogP contribution in [0.15, 0.2) is 29.8 Å². The minimum atomic E-state index is -4.63. The third kappa shape index (κ3) is 3.80. The maximum absolute atomic E-state index is 12.0. The van der Waals surface area contributed by atoms with Gasteiger partial charge in [-0.2, -0.15) is 0 Å². The van der Waals surface area contributed by atoms with Gasteiger partial charge >= 0.3 is 6.36 Å². The molecule has 1 fully saturated rings. The van der Waals surface area contributed by atoms with E-state index in [1.165, 1.54) is 30.5 Å². The summed E-state index contributed by atoms with van der Waals surface area (Å²) in [6, 6.07) is 6.08. The fourth-order valence-corrected chi connectivity index (χ4v) is 2.01. The van der Waals surface area contributed by atoms with Crippen molar-refractivity contribution in [3.8, 4) is 5.75 Å². The van der Waals surface area contributed by atoms with E-state index in [0.29, 0.717) is 0 Å². The predicted octanol–water partition coefficient (Wildman–Crippen LogP) is 4.54. The lowest BCUT2D eigenvalue weighted by molar-refractivity contribution is -0.274. The molecule has 1 aliphatic rings. The van der Waals surface area contributed by atoms with Gasteiger partial charge in [0.2, 0.25) is 0 Å². The van der Waals surface area contributed by atoms with Crippen LogP contribution in [0.2, 0.25) is 0 Å². The van der Waals surface area contributed by atoms with Crippen LogP contribution in [0.5, 0.6) is 5.75 Å². The zero-order chi connectivity index (χ0) is 12.3. The van der Waals surface area contributed by atoms with Crippen LogP contribution < -0.4 is 4.74 Å². The van der Waals surface area contributed by atoms with Gasteiger partial charge in [0.25, 0.3) is 0 Å². The molecule has 1 saturated carbocycles. The number of halogens is 3. The van der Waals surface area contributed by atoms with Crippen molar-refractivity contribution < 1.29 is 17.9 Å². The van der Waals surface area contributed by atoms with Crippen molar-refractivity contribution >= 4 is 6.08 Å². The Morgan fingerprint density at radius 1 is 1.12 bits per heavy atom. The Morgan fingerprint density at radius 2 is 1.82 bits per heavy atom. The second kappa shape index (κ2) is 4.82. The highest BCUT2D eigenvalue weighted by molar-refractivity contribution is 5.55. The zero-order valence-corrected chi connectivity index (χ0v) is 9.26. The van der Waals surface area contributed by atoms with Crippen molar-refractivity contribution in [1.82, 2.24) is 0 Å². The summed E-state index contributed by atoms with van der Waals surface area (Å²) in [4.78, 5) is 0. The van der Waals surface area contributed by atoms with Gasteiger partial charge < -0.3 is 4.74 Å². The van der Waals surface area contributed by atoms with E-state index in [-0.39, 0.29) is 5.75 Å². The maximum atomic E-state index is 12.0. The monoisotopic (exact) mass is 242 g/mol. The van der Waals surface area contributed by atoms with E-state index >= 15 is 0 Å². The van der Waals surface area contributed by atoms with Gasteiger partial charge in [0.15, 0.2) is 0 Å². The highest BCUT2D eigenvalue weighted by atomic mass is 19.4. The molecule has 0 N–H and O–H groups in total. The van der Waals surface area contributed by atoms with Gasteiger partial charge in [0.1, 0.15) is 5.75 Å². The molecule has 0 atom stereocenters. The van der Waals surface area contributed by atoms with E-state index in [4.69, 9.17) is 0 Å². The number of allylic oxidation sites excluding steroid dienone is 1. The van der Waals surface area contributed by atoms with Crippen LogP contribution in [0, 0.1) is 0 Å². The van der Waals surface area contributed by atoms with Gasteiger partial charge in [-0.25, -0.2) is 0 Å². The topological polar surface area (TPSA) is 9.23 Å². The molecule has 0 heterocycles. The highest BCUT2D eigenvalue weighted by Crippen LogP contribution is 2.28. The maximum Gasteiger partial charge on any atom is 0.573 e. The van der Waals surface area contributed by atoms with E-state index in [1.807, 2.05) is 6.08 Å². The second-order valence-corrected chi connectivity index (χ2v) is 4.13. The summed E-state index contributed by atoms with van der Waals surface area (Å²) in [5.74, 6) is -0.162. The van der Waals surface area contributed by atoms with Gasteiger partial charge in [-0.3, -0.25) is 0 Å². The SMILES string of the molecule is FC(F)(F)Oc1cccc(C=C2CCCC2)c1. The van der Waals surface area contributed by atoms with Crippen LogP contribution in [0.3, 0.4) is 0 Å². The molecule has 1 aromatic rings. The van der Waals surface area contributed by atoms with Gasteiger partial charge in [0.05, 0.1) is 0 Å². The van der Waals surface area contributed by atoms with Gasteiger partial charge in [-0.05, 0) is 43.4 Å². The molecule has 1 nitrogen and oxygen atoms in total. The smallest absolute Gasteiger partial charge is 0.406 e. The molecule has 1 aromatic carbocycles. The lowest BCUT2D eigenvalue weighted by Crippen LogP contribution is -2.17. The molecule has 0 saturated heterocycles. The average Bonchev–Trinajstić information content (AvgIpc) is 2.68. The lowest BCUT2D eigenvalue weighted by atomic mass is 10.1. The largest absolute Gasteiger partial charge is 0.573 e. The van der Waals surface area contributed by atoms with Crippen molar-refractivity contribution in [3.63, 3.8) is 0 Å². The van der Waals surface area contributed by atoms with Gasteiger partial charge in [0, 0.05) is 0 Å². The summed E-state index contributed by atoms with van der Waals surface area (Å²) in [7, 11) is 0. The van der Waals surface area contributed by atoms with Crippen molar-refractivity contribution in [2.24, 2.45) is 0 Å². The summed E-state index contributed by atoms with van der Waals surface area (Å²) in [6.07, 6.45) is 1.76. The normalized spacial score (nSPS) is 16.1. The number of hydrogen-bond acceptors (Lipinski definition) is 1. The van der Waals surface area contributed by atoms with Crippen molar-refractivity contribution in [3.05, 3.63) is 35.4 Å². The highest BCUT2D eigenvalue weighted by Gasteiger charge is 2.31. The standard InChI is InChI=1S/C13H13F3O/c14-13(15,16)17-12-7-3-6-11(9-12)8-10-4-1-2-5-10/h3,6-9H,1-2,4-5H2. The molecule has 0 unspecified atom stereocenters.